The van der Waals surface area contributed by atoms with Gasteiger partial charge in [0.1, 0.15) is 12.3 Å². The van der Waals surface area contributed by atoms with Gasteiger partial charge in [-0.15, -0.1) is 0 Å². The SMILES string of the molecule is CCOc1ccccc1N(CC(=O)N[C@@H](C)c1cc(C)c(C)cc1C)S(=O)(=O)c1ccc(C)cc1. The fourth-order valence-electron chi connectivity index (χ4n) is 4.02. The van der Waals surface area contributed by atoms with Crippen LogP contribution in [0.25, 0.3) is 0 Å². The molecule has 0 spiro atoms. The number of nitrogens with one attached hydrogen (secondary N) is 1. The van der Waals surface area contributed by atoms with Crippen LogP contribution < -0.4 is 14.4 Å². The molecule has 7 heteroatoms. The summed E-state index contributed by atoms with van der Waals surface area (Å²) in [4.78, 5) is 13.3. The molecule has 0 bridgehead atoms. The summed E-state index contributed by atoms with van der Waals surface area (Å²) in [6, 6.07) is 17.3. The molecule has 3 aromatic rings. The number of amides is 1. The molecule has 0 saturated carbocycles. The first-order valence-electron chi connectivity index (χ1n) is 11.7. The van der Waals surface area contributed by atoms with Crippen molar-refractivity contribution < 1.29 is 17.9 Å². The monoisotopic (exact) mass is 494 g/mol. The van der Waals surface area contributed by atoms with E-state index in [1.54, 1.807) is 48.5 Å². The van der Waals surface area contributed by atoms with E-state index in [-0.39, 0.29) is 17.5 Å². The predicted molar refractivity (Wildman–Crippen MR) is 141 cm³/mol. The Hall–Kier alpha value is -3.32. The highest BCUT2D eigenvalue weighted by Gasteiger charge is 2.30. The second-order valence-electron chi connectivity index (χ2n) is 8.81. The van der Waals surface area contributed by atoms with Gasteiger partial charge in [-0.3, -0.25) is 9.10 Å². The van der Waals surface area contributed by atoms with Crippen LogP contribution in [0.5, 0.6) is 5.75 Å². The molecule has 3 aromatic carbocycles. The Kier molecular flexibility index (Phi) is 8.22. The summed E-state index contributed by atoms with van der Waals surface area (Å²) in [5, 5.41) is 2.98. The van der Waals surface area contributed by atoms with Gasteiger partial charge in [0.15, 0.2) is 0 Å². The molecule has 0 aliphatic carbocycles. The average Bonchev–Trinajstić information content (AvgIpc) is 2.80. The summed E-state index contributed by atoms with van der Waals surface area (Å²) in [6.07, 6.45) is 0. The summed E-state index contributed by atoms with van der Waals surface area (Å²) >= 11 is 0. The summed E-state index contributed by atoms with van der Waals surface area (Å²) in [6.45, 7) is 11.7. The number of carbonyl (C=O) groups is 1. The van der Waals surface area contributed by atoms with Gasteiger partial charge in [-0.25, -0.2) is 8.42 Å². The van der Waals surface area contributed by atoms with E-state index in [4.69, 9.17) is 4.74 Å². The Morgan fingerprint density at radius 3 is 2.23 bits per heavy atom. The third kappa shape index (κ3) is 6.03. The Morgan fingerprint density at radius 1 is 0.943 bits per heavy atom. The van der Waals surface area contributed by atoms with Crippen LogP contribution in [0.15, 0.2) is 65.6 Å². The van der Waals surface area contributed by atoms with Crippen molar-refractivity contribution in [2.45, 2.75) is 52.5 Å². The fourth-order valence-corrected chi connectivity index (χ4v) is 5.45. The highest BCUT2D eigenvalue weighted by Crippen LogP contribution is 2.32. The molecule has 0 aliphatic heterocycles. The molecule has 6 nitrogen and oxygen atoms in total. The number of anilines is 1. The Morgan fingerprint density at radius 2 is 1.57 bits per heavy atom. The highest BCUT2D eigenvalue weighted by molar-refractivity contribution is 7.92. The first kappa shape index (κ1) is 26.3. The fraction of sp³-hybridized carbons (Fsp3) is 0.321. The van der Waals surface area contributed by atoms with E-state index in [1.165, 1.54) is 5.56 Å². The van der Waals surface area contributed by atoms with Gasteiger partial charge < -0.3 is 10.1 Å². The van der Waals surface area contributed by atoms with Crippen LogP contribution in [-0.2, 0) is 14.8 Å². The number of para-hydroxylation sites is 2. The molecule has 0 fully saturated rings. The molecular weight excluding hydrogens is 460 g/mol. The summed E-state index contributed by atoms with van der Waals surface area (Å²) in [7, 11) is -4.04. The Balaban J connectivity index is 1.96. The van der Waals surface area contributed by atoms with Crippen molar-refractivity contribution in [1.82, 2.24) is 5.32 Å². The number of sulfonamides is 1. The van der Waals surface area contributed by atoms with Gasteiger partial charge >= 0.3 is 0 Å². The van der Waals surface area contributed by atoms with Gasteiger partial charge in [-0.2, -0.15) is 0 Å². The van der Waals surface area contributed by atoms with E-state index in [1.807, 2.05) is 34.6 Å². The van der Waals surface area contributed by atoms with E-state index in [0.29, 0.717) is 18.0 Å². The van der Waals surface area contributed by atoms with Crippen LogP contribution in [-0.4, -0.2) is 27.5 Å². The number of hydrogen-bond donors (Lipinski definition) is 1. The molecule has 35 heavy (non-hydrogen) atoms. The highest BCUT2D eigenvalue weighted by atomic mass is 32.2. The zero-order chi connectivity index (χ0) is 25.8. The summed E-state index contributed by atoms with van der Waals surface area (Å²) in [5.74, 6) is -0.00587. The van der Waals surface area contributed by atoms with E-state index >= 15 is 0 Å². The normalized spacial score (nSPS) is 12.2. The van der Waals surface area contributed by atoms with Gasteiger partial charge in [0.2, 0.25) is 5.91 Å². The number of benzene rings is 3. The summed E-state index contributed by atoms with van der Waals surface area (Å²) < 4.78 is 34.3. The average molecular weight is 495 g/mol. The number of hydrogen-bond acceptors (Lipinski definition) is 4. The van der Waals surface area contributed by atoms with Crippen LogP contribution in [0.1, 0.15) is 47.7 Å². The molecule has 1 atom stereocenters. The lowest BCUT2D eigenvalue weighted by Crippen LogP contribution is -2.41. The van der Waals surface area contributed by atoms with Gasteiger partial charge in [-0.1, -0.05) is 42.0 Å². The minimum Gasteiger partial charge on any atom is -0.492 e. The maximum absolute atomic E-state index is 13.7. The molecule has 0 aromatic heterocycles. The van der Waals surface area contributed by atoms with Crippen molar-refractivity contribution in [3.05, 3.63) is 88.5 Å². The molecule has 0 saturated heterocycles. The van der Waals surface area contributed by atoms with E-state index in [2.05, 4.69) is 24.4 Å². The molecule has 0 radical (unpaired) electrons. The second kappa shape index (κ2) is 11.0. The van der Waals surface area contributed by atoms with Gasteiger partial charge in [0, 0.05) is 0 Å². The minimum atomic E-state index is -4.04. The Bertz CT molecular complexity index is 1300. The number of carbonyl (C=O) groups excluding carboxylic acids is 1. The van der Waals surface area contributed by atoms with Crippen molar-refractivity contribution >= 4 is 21.6 Å². The largest absolute Gasteiger partial charge is 0.492 e. The lowest BCUT2D eigenvalue weighted by atomic mass is 9.96. The van der Waals surface area contributed by atoms with E-state index in [0.717, 1.165) is 26.6 Å². The maximum atomic E-state index is 13.7. The molecule has 1 N–H and O–H groups in total. The van der Waals surface area contributed by atoms with Crippen molar-refractivity contribution in [3.63, 3.8) is 0 Å². The number of rotatable bonds is 9. The first-order chi connectivity index (χ1) is 16.5. The van der Waals surface area contributed by atoms with E-state index in [9.17, 15) is 13.2 Å². The van der Waals surface area contributed by atoms with Crippen molar-refractivity contribution in [3.8, 4) is 5.75 Å². The molecule has 1 amide bonds. The Labute approximate surface area is 209 Å². The molecule has 0 unspecified atom stereocenters. The van der Waals surface area contributed by atoms with Gasteiger partial charge in [-0.05, 0) is 88.1 Å². The molecule has 3 rings (SSSR count). The molecule has 0 aliphatic rings. The lowest BCUT2D eigenvalue weighted by Gasteiger charge is -2.27. The zero-order valence-electron chi connectivity index (χ0n) is 21.3. The van der Waals surface area contributed by atoms with Gasteiger partial charge in [0.05, 0.1) is 23.2 Å². The van der Waals surface area contributed by atoms with Gasteiger partial charge in [0.25, 0.3) is 10.0 Å². The van der Waals surface area contributed by atoms with Crippen LogP contribution in [0.3, 0.4) is 0 Å². The third-order valence-electron chi connectivity index (χ3n) is 6.06. The maximum Gasteiger partial charge on any atom is 0.264 e. The molecular formula is C28H34N2O4S. The third-order valence-corrected chi connectivity index (χ3v) is 7.83. The standard InChI is InChI=1S/C28H34N2O4S/c1-7-34-27-11-9-8-10-26(27)30(35(32,33)24-14-12-19(2)13-15-24)18-28(31)29-23(6)25-17-21(4)20(3)16-22(25)5/h8-17,23H,7,18H2,1-6H3,(H,29,31)/t23-/m0/s1. The van der Waals surface area contributed by atoms with Crippen LogP contribution >= 0.6 is 0 Å². The zero-order valence-corrected chi connectivity index (χ0v) is 22.1. The lowest BCUT2D eigenvalue weighted by molar-refractivity contribution is -0.120. The second-order valence-corrected chi connectivity index (χ2v) is 10.7. The van der Waals surface area contributed by atoms with Crippen molar-refractivity contribution in [1.29, 1.82) is 0 Å². The first-order valence-corrected chi connectivity index (χ1v) is 13.2. The number of ether oxygens (including phenoxy) is 1. The molecule has 186 valence electrons. The van der Waals surface area contributed by atoms with Crippen molar-refractivity contribution in [2.24, 2.45) is 0 Å². The number of nitrogens with zero attached hydrogens (tertiary/aromatic N) is 1. The van der Waals surface area contributed by atoms with Crippen LogP contribution in [0.4, 0.5) is 5.69 Å². The quantitative estimate of drug-likeness (QED) is 0.433. The topological polar surface area (TPSA) is 75.7 Å². The molecule has 0 heterocycles. The van der Waals surface area contributed by atoms with Crippen molar-refractivity contribution in [2.75, 3.05) is 17.5 Å². The smallest absolute Gasteiger partial charge is 0.264 e. The predicted octanol–water partition coefficient (Wildman–Crippen LogP) is 5.39. The minimum absolute atomic E-state index is 0.111. The van der Waals surface area contributed by atoms with Crippen LogP contribution in [0.2, 0.25) is 0 Å². The summed E-state index contributed by atoms with van der Waals surface area (Å²) in [5.41, 5.74) is 5.67. The van der Waals surface area contributed by atoms with E-state index < -0.39 is 15.9 Å². The van der Waals surface area contributed by atoms with Crippen LogP contribution in [0, 0.1) is 27.7 Å². The number of aryl methyl sites for hydroxylation is 4.